The van der Waals surface area contributed by atoms with Crippen molar-refractivity contribution in [3.63, 3.8) is 0 Å². The highest BCUT2D eigenvalue weighted by Crippen LogP contribution is 2.52. The van der Waals surface area contributed by atoms with Crippen molar-refractivity contribution in [3.8, 4) is 0 Å². The maximum absolute atomic E-state index is 11.7. The van der Waals surface area contributed by atoms with Crippen molar-refractivity contribution in [2.75, 3.05) is 14.2 Å². The fourth-order valence-corrected chi connectivity index (χ4v) is 4.35. The van der Waals surface area contributed by atoms with Gasteiger partial charge in [0.15, 0.2) is 0 Å². The van der Waals surface area contributed by atoms with Gasteiger partial charge in [0.2, 0.25) is 0 Å². The number of allylic oxidation sites excluding steroid dienone is 3. The monoisotopic (exact) mass is 314 g/mol. The molecule has 2 heterocycles. The van der Waals surface area contributed by atoms with Gasteiger partial charge >= 0.3 is 11.9 Å². The van der Waals surface area contributed by atoms with Crippen molar-refractivity contribution in [3.05, 3.63) is 42.6 Å². The summed E-state index contributed by atoms with van der Waals surface area (Å²) in [6, 6.07) is 0. The molecule has 7 heteroatoms. The van der Waals surface area contributed by atoms with Gasteiger partial charge in [-0.1, -0.05) is 23.5 Å². The van der Waals surface area contributed by atoms with Crippen LogP contribution in [0.2, 0.25) is 0 Å². The van der Waals surface area contributed by atoms with Crippen LogP contribution in [0.5, 0.6) is 0 Å². The summed E-state index contributed by atoms with van der Waals surface area (Å²) < 4.78 is 10.3. The van der Waals surface area contributed by atoms with Gasteiger partial charge in [0.05, 0.1) is 18.5 Å². The Morgan fingerprint density at radius 1 is 0.947 bits per heavy atom. The molecule has 2 aliphatic heterocycles. The molecular formula is C12H10O4S3. The van der Waals surface area contributed by atoms with Crippen LogP contribution >= 0.6 is 35.3 Å². The molecule has 0 bridgehead atoms. The first-order valence-corrected chi connectivity index (χ1v) is 7.74. The molecule has 100 valence electrons. The van der Waals surface area contributed by atoms with Crippen LogP contribution in [-0.2, 0) is 19.1 Å². The zero-order chi connectivity index (χ0) is 13.8. The second kappa shape index (κ2) is 6.40. The summed E-state index contributed by atoms with van der Waals surface area (Å²) in [7, 11) is 2.58. The van der Waals surface area contributed by atoms with Crippen LogP contribution in [0.1, 0.15) is 0 Å². The Bertz CT molecular complexity index is 499. The molecule has 0 aromatic rings. The summed E-state index contributed by atoms with van der Waals surface area (Å²) in [6.45, 7) is 0. The van der Waals surface area contributed by atoms with E-state index < -0.39 is 11.9 Å². The lowest BCUT2D eigenvalue weighted by Crippen LogP contribution is -2.08. The van der Waals surface area contributed by atoms with Gasteiger partial charge in [0.25, 0.3) is 0 Å². The fraction of sp³-hybridized carbons (Fsp3) is 0.167. The van der Waals surface area contributed by atoms with E-state index >= 15 is 0 Å². The Kier molecular flexibility index (Phi) is 4.84. The molecule has 2 aliphatic rings. The average Bonchev–Trinajstić information content (AvgIpc) is 2.91. The summed E-state index contributed by atoms with van der Waals surface area (Å²) in [5, 5.41) is 3.88. The molecular weight excluding hydrogens is 304 g/mol. The lowest BCUT2D eigenvalue weighted by molar-refractivity contribution is -0.138. The number of carbonyl (C=O) groups excluding carboxylic acids is 2. The molecule has 0 aliphatic carbocycles. The lowest BCUT2D eigenvalue weighted by Gasteiger charge is -2.04. The third-order valence-corrected chi connectivity index (χ3v) is 5.43. The Balaban J connectivity index is 2.34. The maximum Gasteiger partial charge on any atom is 0.346 e. The molecule has 0 atom stereocenters. The first-order valence-electron chi connectivity index (χ1n) is 5.16. The van der Waals surface area contributed by atoms with E-state index in [-0.39, 0.29) is 9.81 Å². The third kappa shape index (κ3) is 3.10. The van der Waals surface area contributed by atoms with E-state index in [1.165, 1.54) is 37.7 Å². The van der Waals surface area contributed by atoms with Crippen LogP contribution in [0.3, 0.4) is 0 Å². The van der Waals surface area contributed by atoms with Gasteiger partial charge in [0, 0.05) is 0 Å². The van der Waals surface area contributed by atoms with Crippen LogP contribution in [0.15, 0.2) is 42.6 Å². The van der Waals surface area contributed by atoms with Crippen LogP contribution in [0, 0.1) is 0 Å². The first-order chi connectivity index (χ1) is 9.17. The van der Waals surface area contributed by atoms with Gasteiger partial charge in [-0.05, 0) is 28.5 Å². The molecule has 0 saturated heterocycles. The molecule has 0 aromatic carbocycles. The molecule has 2 rings (SSSR count). The van der Waals surface area contributed by atoms with Gasteiger partial charge in [0.1, 0.15) is 9.81 Å². The molecule has 4 nitrogen and oxygen atoms in total. The summed E-state index contributed by atoms with van der Waals surface area (Å²) >= 11 is 4.04. The number of rotatable bonds is 2. The molecule has 0 spiro atoms. The number of thioether (sulfide) groups is 3. The van der Waals surface area contributed by atoms with E-state index in [9.17, 15) is 9.59 Å². The first kappa shape index (κ1) is 14.4. The van der Waals surface area contributed by atoms with Crippen LogP contribution in [-0.4, -0.2) is 26.2 Å². The highest BCUT2D eigenvalue weighted by molar-refractivity contribution is 8.29. The van der Waals surface area contributed by atoms with E-state index in [0.717, 1.165) is 9.81 Å². The van der Waals surface area contributed by atoms with E-state index in [1.54, 1.807) is 11.8 Å². The van der Waals surface area contributed by atoms with Gasteiger partial charge in [-0.25, -0.2) is 9.59 Å². The average molecular weight is 314 g/mol. The Morgan fingerprint density at radius 2 is 1.42 bits per heavy atom. The predicted molar refractivity (Wildman–Crippen MR) is 79.1 cm³/mol. The predicted octanol–water partition coefficient (Wildman–Crippen LogP) is 3.01. The summed E-state index contributed by atoms with van der Waals surface area (Å²) in [6.07, 6.45) is 3.88. The molecule has 19 heavy (non-hydrogen) atoms. The van der Waals surface area contributed by atoms with Gasteiger partial charge in [-0.2, -0.15) is 0 Å². The minimum Gasteiger partial charge on any atom is -0.465 e. The number of ether oxygens (including phenoxy) is 2. The van der Waals surface area contributed by atoms with Crippen molar-refractivity contribution in [1.29, 1.82) is 0 Å². The van der Waals surface area contributed by atoms with E-state index in [2.05, 4.69) is 0 Å². The normalized spacial score (nSPS) is 18.0. The van der Waals surface area contributed by atoms with Crippen molar-refractivity contribution in [1.82, 2.24) is 0 Å². The molecule has 0 unspecified atom stereocenters. The molecule has 0 aromatic heterocycles. The Labute approximate surface area is 123 Å². The molecule has 0 radical (unpaired) electrons. The minimum atomic E-state index is -0.522. The quantitative estimate of drug-likeness (QED) is 0.726. The van der Waals surface area contributed by atoms with E-state index in [1.807, 2.05) is 23.0 Å². The van der Waals surface area contributed by atoms with E-state index in [0.29, 0.717) is 0 Å². The molecule has 0 fully saturated rings. The minimum absolute atomic E-state index is 0.280. The zero-order valence-electron chi connectivity index (χ0n) is 10.2. The number of hydrogen-bond donors (Lipinski definition) is 0. The van der Waals surface area contributed by atoms with Crippen molar-refractivity contribution in [2.45, 2.75) is 0 Å². The van der Waals surface area contributed by atoms with Crippen molar-refractivity contribution < 1.29 is 19.1 Å². The number of hydrogen-bond acceptors (Lipinski definition) is 7. The highest BCUT2D eigenvalue weighted by Gasteiger charge is 2.33. The molecule has 0 N–H and O–H groups in total. The number of esters is 2. The van der Waals surface area contributed by atoms with Gasteiger partial charge in [-0.3, -0.25) is 0 Å². The maximum atomic E-state index is 11.7. The number of carbonyl (C=O) groups is 2. The van der Waals surface area contributed by atoms with Crippen molar-refractivity contribution in [2.24, 2.45) is 0 Å². The largest absolute Gasteiger partial charge is 0.465 e. The van der Waals surface area contributed by atoms with Gasteiger partial charge < -0.3 is 9.47 Å². The van der Waals surface area contributed by atoms with Crippen molar-refractivity contribution >= 4 is 47.2 Å². The zero-order valence-corrected chi connectivity index (χ0v) is 12.6. The second-order valence-electron chi connectivity index (χ2n) is 3.33. The smallest absolute Gasteiger partial charge is 0.346 e. The fourth-order valence-electron chi connectivity index (χ4n) is 1.33. The molecule has 0 amide bonds. The van der Waals surface area contributed by atoms with Crippen LogP contribution in [0.4, 0.5) is 0 Å². The Morgan fingerprint density at radius 3 is 1.84 bits per heavy atom. The van der Waals surface area contributed by atoms with Crippen LogP contribution in [0.25, 0.3) is 0 Å². The highest BCUT2D eigenvalue weighted by atomic mass is 32.2. The Hall–Kier alpha value is -1.05. The summed E-state index contributed by atoms with van der Waals surface area (Å²) in [5.74, 6) is -1.04. The van der Waals surface area contributed by atoms with Crippen LogP contribution < -0.4 is 0 Å². The second-order valence-corrected chi connectivity index (χ2v) is 6.45. The SMILES string of the molecule is COC(=O)C1=C(C(=O)OC)SC(=C2C=CSC=C2)S1. The number of methoxy groups -OCH3 is 2. The summed E-state index contributed by atoms with van der Waals surface area (Å²) in [4.78, 5) is 23.9. The lowest BCUT2D eigenvalue weighted by atomic mass is 10.3. The van der Waals surface area contributed by atoms with Gasteiger partial charge in [-0.15, -0.1) is 11.8 Å². The van der Waals surface area contributed by atoms with E-state index in [4.69, 9.17) is 9.47 Å². The standard InChI is InChI=1S/C12H10O4S3/c1-15-10(13)8-9(11(14)16-2)19-12(18-8)7-3-5-17-6-4-7/h3-6H,1-2H3. The summed E-state index contributed by atoms with van der Waals surface area (Å²) in [5.41, 5.74) is 0.967. The topological polar surface area (TPSA) is 52.6 Å². The molecule has 0 saturated carbocycles. The third-order valence-electron chi connectivity index (χ3n) is 2.23.